The van der Waals surface area contributed by atoms with Crippen LogP contribution in [0.15, 0.2) is 78.0 Å². The zero-order chi connectivity index (χ0) is 28.6. The van der Waals surface area contributed by atoms with Crippen LogP contribution >= 0.6 is 0 Å². The first kappa shape index (κ1) is 27.1. The van der Waals surface area contributed by atoms with E-state index < -0.39 is 18.1 Å². The minimum atomic E-state index is -5.22. The Morgan fingerprint density at radius 1 is 0.875 bits per heavy atom. The largest absolute Gasteiger partial charge is 0.493 e. The van der Waals surface area contributed by atoms with Gasteiger partial charge in [0.15, 0.2) is 17.3 Å². The van der Waals surface area contributed by atoms with Gasteiger partial charge < -0.3 is 19.5 Å². The van der Waals surface area contributed by atoms with Gasteiger partial charge >= 0.3 is 12.1 Å². The van der Waals surface area contributed by atoms with Crippen molar-refractivity contribution in [1.29, 1.82) is 0 Å². The van der Waals surface area contributed by atoms with Crippen LogP contribution in [0.3, 0.4) is 0 Å². The fourth-order valence-corrected chi connectivity index (χ4v) is 5.49. The molecule has 0 saturated heterocycles. The number of ketones is 1. The van der Waals surface area contributed by atoms with Crippen LogP contribution in [0.2, 0.25) is 0 Å². The number of benzene rings is 3. The zero-order valence-corrected chi connectivity index (χ0v) is 22.0. The van der Waals surface area contributed by atoms with Crippen molar-refractivity contribution in [3.05, 3.63) is 89.1 Å². The summed E-state index contributed by atoms with van der Waals surface area (Å²) in [6.45, 7) is 0. The van der Waals surface area contributed by atoms with Crippen LogP contribution in [0.4, 0.5) is 24.5 Å². The molecule has 3 aromatic carbocycles. The van der Waals surface area contributed by atoms with E-state index in [1.165, 1.54) is 39.5 Å². The van der Waals surface area contributed by atoms with E-state index in [-0.39, 0.29) is 57.9 Å². The molecule has 0 saturated carbocycles. The summed E-state index contributed by atoms with van der Waals surface area (Å²) >= 11 is 0. The number of nitrogens with zero attached hydrogens (tertiary/aromatic N) is 1. The predicted molar refractivity (Wildman–Crippen MR) is 143 cm³/mol. The van der Waals surface area contributed by atoms with E-state index in [4.69, 9.17) is 14.2 Å². The lowest BCUT2D eigenvalue weighted by Gasteiger charge is -2.35. The fraction of sp³-hybridized carbons (Fsp3) is 0.267. The molecule has 2 atom stereocenters. The molecule has 208 valence electrons. The first-order valence-electron chi connectivity index (χ1n) is 12.6. The van der Waals surface area contributed by atoms with Crippen molar-refractivity contribution < 1.29 is 37.0 Å². The van der Waals surface area contributed by atoms with Crippen molar-refractivity contribution in [2.24, 2.45) is 0 Å². The third kappa shape index (κ3) is 4.74. The molecule has 7 nitrogen and oxygen atoms in total. The van der Waals surface area contributed by atoms with E-state index in [0.717, 1.165) is 5.56 Å². The van der Waals surface area contributed by atoms with E-state index in [1.54, 1.807) is 18.2 Å². The maximum absolute atomic E-state index is 14.2. The highest BCUT2D eigenvalue weighted by Crippen LogP contribution is 2.50. The van der Waals surface area contributed by atoms with Gasteiger partial charge in [-0.25, -0.2) is 0 Å². The topological polar surface area (TPSA) is 77.1 Å². The summed E-state index contributed by atoms with van der Waals surface area (Å²) in [5, 5.41) is 3.22. The summed E-state index contributed by atoms with van der Waals surface area (Å²) < 4.78 is 58.9. The van der Waals surface area contributed by atoms with Gasteiger partial charge in [-0.3, -0.25) is 14.5 Å². The maximum Gasteiger partial charge on any atom is 0.471 e. The molecule has 0 spiro atoms. The molecule has 0 radical (unpaired) electrons. The number of anilines is 2. The fourth-order valence-electron chi connectivity index (χ4n) is 5.49. The number of para-hydroxylation sites is 2. The smallest absolute Gasteiger partial charge is 0.471 e. The summed E-state index contributed by atoms with van der Waals surface area (Å²) in [6, 6.07) is 17.2. The summed E-state index contributed by atoms with van der Waals surface area (Å²) in [5.74, 6) is -2.09. The Kier molecular flexibility index (Phi) is 7.18. The lowest BCUT2D eigenvalue weighted by Crippen LogP contribution is -2.45. The van der Waals surface area contributed by atoms with Gasteiger partial charge in [-0.15, -0.1) is 0 Å². The van der Waals surface area contributed by atoms with Crippen LogP contribution in [-0.2, 0) is 9.59 Å². The molecule has 2 aliphatic rings. The second-order valence-corrected chi connectivity index (χ2v) is 9.51. The summed E-state index contributed by atoms with van der Waals surface area (Å²) in [4.78, 5) is 27.8. The highest BCUT2D eigenvalue weighted by molar-refractivity contribution is 6.07. The summed E-state index contributed by atoms with van der Waals surface area (Å²) in [6.07, 6.45) is -4.80. The Balaban J connectivity index is 1.80. The van der Waals surface area contributed by atoms with Crippen LogP contribution < -0.4 is 24.4 Å². The van der Waals surface area contributed by atoms with Gasteiger partial charge in [-0.2, -0.15) is 13.2 Å². The summed E-state index contributed by atoms with van der Waals surface area (Å²) in [7, 11) is 4.16. The molecule has 3 aromatic rings. The Morgan fingerprint density at radius 3 is 2.10 bits per heavy atom. The zero-order valence-electron chi connectivity index (χ0n) is 22.0. The molecule has 1 aliphatic carbocycles. The van der Waals surface area contributed by atoms with Gasteiger partial charge in [-0.1, -0.05) is 42.5 Å². The average molecular weight is 553 g/mol. The minimum absolute atomic E-state index is 0.0120. The second-order valence-electron chi connectivity index (χ2n) is 9.51. The minimum Gasteiger partial charge on any atom is -0.493 e. The van der Waals surface area contributed by atoms with Crippen LogP contribution in [0.5, 0.6) is 17.2 Å². The van der Waals surface area contributed by atoms with Gasteiger partial charge in [0.2, 0.25) is 5.75 Å². The molecule has 1 aliphatic heterocycles. The second kappa shape index (κ2) is 10.6. The van der Waals surface area contributed by atoms with Gasteiger partial charge in [0.25, 0.3) is 0 Å². The highest BCUT2D eigenvalue weighted by atomic mass is 19.4. The van der Waals surface area contributed by atoms with Gasteiger partial charge in [-0.05, 0) is 47.7 Å². The number of Topliss-reactive ketones (excluding diaryl/α,β-unsaturated/α-hetero) is 1. The highest BCUT2D eigenvalue weighted by Gasteiger charge is 2.50. The van der Waals surface area contributed by atoms with E-state index in [0.29, 0.717) is 17.0 Å². The first-order chi connectivity index (χ1) is 19.2. The number of carbonyl (C=O) groups excluding carboxylic acids is 2. The number of ether oxygens (including phenoxy) is 3. The van der Waals surface area contributed by atoms with E-state index in [2.05, 4.69) is 5.32 Å². The number of alkyl halides is 3. The Labute approximate surface area is 229 Å². The van der Waals surface area contributed by atoms with Gasteiger partial charge in [0, 0.05) is 17.7 Å². The SMILES string of the molecule is COc1cc(C2C3=C(CC(c4ccccc4)CC3=O)Nc3ccccc3N2C(=O)C(F)(F)F)cc(OC)c1OC. The van der Waals surface area contributed by atoms with Crippen LogP contribution in [0, 0.1) is 0 Å². The monoisotopic (exact) mass is 552 g/mol. The van der Waals surface area contributed by atoms with Crippen molar-refractivity contribution in [2.45, 2.75) is 31.0 Å². The number of nitrogens with one attached hydrogen (secondary N) is 1. The first-order valence-corrected chi connectivity index (χ1v) is 12.6. The van der Waals surface area contributed by atoms with Crippen LogP contribution in [-0.4, -0.2) is 39.2 Å². The molecule has 2 unspecified atom stereocenters. The molecule has 1 N–H and O–H groups in total. The number of rotatable bonds is 5. The number of amides is 1. The molecule has 0 aromatic heterocycles. The number of methoxy groups -OCH3 is 3. The third-order valence-corrected chi connectivity index (χ3v) is 7.22. The van der Waals surface area contributed by atoms with Crippen molar-refractivity contribution in [1.82, 2.24) is 0 Å². The maximum atomic E-state index is 14.2. The van der Waals surface area contributed by atoms with E-state index in [1.807, 2.05) is 30.3 Å². The van der Waals surface area contributed by atoms with Crippen molar-refractivity contribution in [2.75, 3.05) is 31.5 Å². The van der Waals surface area contributed by atoms with Crippen molar-refractivity contribution in [3.63, 3.8) is 0 Å². The molecule has 40 heavy (non-hydrogen) atoms. The Hall–Kier alpha value is -4.47. The average Bonchev–Trinajstić information content (AvgIpc) is 3.10. The predicted octanol–water partition coefficient (Wildman–Crippen LogP) is 6.18. The number of hydrogen-bond acceptors (Lipinski definition) is 6. The molecule has 1 amide bonds. The molecule has 1 heterocycles. The van der Waals surface area contributed by atoms with E-state index in [9.17, 15) is 22.8 Å². The van der Waals surface area contributed by atoms with Crippen molar-refractivity contribution in [3.8, 4) is 17.2 Å². The normalized spacial score (nSPS) is 18.8. The molecular formula is C30H27F3N2O5. The number of halogens is 3. The Morgan fingerprint density at radius 2 is 1.50 bits per heavy atom. The molecule has 10 heteroatoms. The molecule has 0 bridgehead atoms. The lowest BCUT2D eigenvalue weighted by molar-refractivity contribution is -0.170. The molecule has 5 rings (SSSR count). The lowest BCUT2D eigenvalue weighted by atomic mass is 9.78. The van der Waals surface area contributed by atoms with Crippen LogP contribution in [0.25, 0.3) is 0 Å². The number of allylic oxidation sites excluding steroid dienone is 1. The van der Waals surface area contributed by atoms with Gasteiger partial charge in [0.1, 0.15) is 0 Å². The van der Waals surface area contributed by atoms with Crippen LogP contribution in [0.1, 0.15) is 35.9 Å². The third-order valence-electron chi connectivity index (χ3n) is 7.22. The van der Waals surface area contributed by atoms with Gasteiger partial charge in [0.05, 0.1) is 38.7 Å². The molecule has 0 fully saturated rings. The number of hydrogen-bond donors (Lipinski definition) is 1. The number of carbonyl (C=O) groups is 2. The van der Waals surface area contributed by atoms with E-state index >= 15 is 0 Å². The molecular weight excluding hydrogens is 525 g/mol. The Bertz CT molecular complexity index is 1460. The summed E-state index contributed by atoms with van der Waals surface area (Å²) in [5.41, 5.74) is 1.94. The van der Waals surface area contributed by atoms with Crippen molar-refractivity contribution >= 4 is 23.1 Å². The number of fused-ring (bicyclic) bond motifs is 1. The quantitative estimate of drug-likeness (QED) is 0.408. The standard InChI is InChI=1S/C30H27F3N2O5/c1-38-24-15-19(16-25(39-2)28(24)40-3)27-26-21(13-18(14-23(26)36)17-9-5-4-6-10-17)34-20-11-7-8-12-22(20)35(27)29(37)30(31,32)33/h4-12,15-16,18,27,34H,13-14H2,1-3H3.